The van der Waals surface area contributed by atoms with E-state index in [9.17, 15) is 9.90 Å². The molecule has 24 heavy (non-hydrogen) atoms. The number of alkyl carbamates (subject to hydrolysis) is 1. The van der Waals surface area contributed by atoms with E-state index >= 15 is 0 Å². The lowest BCUT2D eigenvalue weighted by Gasteiger charge is -2.20. The van der Waals surface area contributed by atoms with Crippen molar-refractivity contribution >= 4 is 17.7 Å². The number of hydrogen-bond acceptors (Lipinski definition) is 5. The van der Waals surface area contributed by atoms with E-state index in [-0.39, 0.29) is 6.54 Å². The lowest BCUT2D eigenvalue weighted by atomic mass is 10.1. The van der Waals surface area contributed by atoms with Crippen LogP contribution in [0.2, 0.25) is 5.02 Å². The van der Waals surface area contributed by atoms with Crippen molar-refractivity contribution in [1.29, 1.82) is 0 Å². The van der Waals surface area contributed by atoms with E-state index in [2.05, 4.69) is 20.1 Å². The summed E-state index contributed by atoms with van der Waals surface area (Å²) in [5.41, 5.74) is -0.189. The van der Waals surface area contributed by atoms with E-state index < -0.39 is 17.7 Å². The van der Waals surface area contributed by atoms with Crippen molar-refractivity contribution in [3.05, 3.63) is 35.1 Å². The van der Waals surface area contributed by atoms with Crippen molar-refractivity contribution in [1.82, 2.24) is 20.1 Å². The van der Waals surface area contributed by atoms with E-state index in [0.29, 0.717) is 16.7 Å². The molecule has 1 amide bonds. The predicted molar refractivity (Wildman–Crippen MR) is 90.7 cm³/mol. The average molecular weight is 353 g/mol. The summed E-state index contributed by atoms with van der Waals surface area (Å²) in [6, 6.07) is 6.70. The highest BCUT2D eigenvalue weighted by atomic mass is 35.5. The third-order valence-electron chi connectivity index (χ3n) is 3.25. The number of aromatic nitrogens is 3. The molecular weight excluding hydrogens is 332 g/mol. The minimum absolute atomic E-state index is 0.232. The Bertz CT molecular complexity index is 707. The molecule has 0 saturated heterocycles. The summed E-state index contributed by atoms with van der Waals surface area (Å²) in [6.45, 7) is 5.36. The molecule has 0 bridgehead atoms. The second-order valence-electron chi connectivity index (χ2n) is 6.13. The van der Waals surface area contributed by atoms with Gasteiger partial charge >= 0.3 is 6.09 Å². The molecule has 0 aliphatic carbocycles. The Hall–Kier alpha value is -2.12. The summed E-state index contributed by atoms with van der Waals surface area (Å²) < 4.78 is 6.20. The fourth-order valence-electron chi connectivity index (χ4n) is 2.18. The Morgan fingerprint density at radius 1 is 1.42 bits per heavy atom. The zero-order valence-electron chi connectivity index (χ0n) is 14.1. The van der Waals surface area contributed by atoms with Crippen LogP contribution >= 0.6 is 11.6 Å². The third-order valence-corrected chi connectivity index (χ3v) is 3.50. The number of hydrogen-bond donors (Lipinski definition) is 2. The fraction of sp³-hybridized carbons (Fsp3) is 0.438. The molecule has 1 heterocycles. The molecule has 130 valence electrons. The van der Waals surface area contributed by atoms with Gasteiger partial charge in [0.2, 0.25) is 0 Å². The number of ether oxygens (including phenoxy) is 1. The molecule has 7 nitrogen and oxygen atoms in total. The zero-order valence-corrected chi connectivity index (χ0v) is 14.8. The molecule has 1 atom stereocenters. The van der Waals surface area contributed by atoms with Gasteiger partial charge in [0.15, 0.2) is 5.82 Å². The first-order chi connectivity index (χ1) is 11.2. The van der Waals surface area contributed by atoms with Crippen molar-refractivity contribution in [2.45, 2.75) is 39.0 Å². The minimum Gasteiger partial charge on any atom is -0.453 e. The smallest absolute Gasteiger partial charge is 0.407 e. The fourth-order valence-corrected chi connectivity index (χ4v) is 2.30. The summed E-state index contributed by atoms with van der Waals surface area (Å²) >= 11 is 5.91. The molecule has 0 aliphatic heterocycles. The van der Waals surface area contributed by atoms with Crippen molar-refractivity contribution < 1.29 is 14.6 Å². The number of rotatable bonds is 5. The molecule has 0 fully saturated rings. The minimum atomic E-state index is -0.981. The van der Waals surface area contributed by atoms with Gasteiger partial charge in [0.25, 0.3) is 0 Å². The van der Waals surface area contributed by atoms with Crippen LogP contribution in [0, 0.1) is 0 Å². The summed E-state index contributed by atoms with van der Waals surface area (Å²) in [5.74, 6) is 1.01. The topological polar surface area (TPSA) is 89.3 Å². The second-order valence-corrected chi connectivity index (χ2v) is 6.56. The summed E-state index contributed by atoms with van der Waals surface area (Å²) in [4.78, 5) is 16.0. The number of benzene rings is 1. The molecule has 1 aromatic carbocycles. The van der Waals surface area contributed by atoms with Gasteiger partial charge in [0, 0.05) is 10.6 Å². The first-order valence-corrected chi connectivity index (χ1v) is 7.85. The Balaban J connectivity index is 2.39. The van der Waals surface area contributed by atoms with Crippen molar-refractivity contribution in [2.24, 2.45) is 0 Å². The number of nitrogens with one attached hydrogen (secondary N) is 1. The van der Waals surface area contributed by atoms with Crippen LogP contribution in [-0.4, -0.2) is 38.7 Å². The number of carbonyl (C=O) groups excluding carboxylic acids is 1. The average Bonchev–Trinajstić information content (AvgIpc) is 2.89. The first kappa shape index (κ1) is 18.2. The van der Waals surface area contributed by atoms with Crippen LogP contribution in [0.5, 0.6) is 0 Å². The Morgan fingerprint density at radius 3 is 2.58 bits per heavy atom. The molecular formula is C16H21ClN4O3. The number of halogens is 1. The highest BCUT2D eigenvalue weighted by Crippen LogP contribution is 2.22. The number of nitrogens with zero attached hydrogens (tertiary/aromatic N) is 3. The molecule has 0 radical (unpaired) electrons. The summed E-state index contributed by atoms with van der Waals surface area (Å²) in [7, 11) is 1.29. The molecule has 0 spiro atoms. The standard InChI is InChI=1S/C16H21ClN4O3/c1-10(18-15(22)24-4)14-19-13(11-5-7-12(17)8-6-11)20-21(14)9-16(2,3)23/h5-8,10,23H,9H2,1-4H3,(H,18,22). The van der Waals surface area contributed by atoms with Gasteiger partial charge in [-0.15, -0.1) is 0 Å². The maximum atomic E-state index is 11.5. The van der Waals surface area contributed by atoms with E-state index in [1.807, 2.05) is 12.1 Å². The highest BCUT2D eigenvalue weighted by Gasteiger charge is 2.23. The molecule has 1 aromatic heterocycles. The van der Waals surface area contributed by atoms with Crippen LogP contribution in [0.3, 0.4) is 0 Å². The molecule has 8 heteroatoms. The number of carbonyl (C=O) groups is 1. The van der Waals surface area contributed by atoms with Gasteiger partial charge in [-0.1, -0.05) is 11.6 Å². The second kappa shape index (κ2) is 7.19. The van der Waals surface area contributed by atoms with Gasteiger partial charge in [-0.05, 0) is 45.0 Å². The van der Waals surface area contributed by atoms with E-state index in [1.165, 1.54) is 7.11 Å². The third kappa shape index (κ3) is 4.69. The molecule has 2 N–H and O–H groups in total. The van der Waals surface area contributed by atoms with Crippen molar-refractivity contribution in [3.8, 4) is 11.4 Å². The predicted octanol–water partition coefficient (Wildman–Crippen LogP) is 2.79. The largest absolute Gasteiger partial charge is 0.453 e. The van der Waals surface area contributed by atoms with Gasteiger partial charge in [-0.25, -0.2) is 14.5 Å². The SMILES string of the molecule is COC(=O)NC(C)c1nc(-c2ccc(Cl)cc2)nn1CC(C)(C)O. The Morgan fingerprint density at radius 2 is 2.04 bits per heavy atom. The Labute approximate surface area is 145 Å². The van der Waals surface area contributed by atoms with Gasteiger partial charge in [0.05, 0.1) is 25.3 Å². The lowest BCUT2D eigenvalue weighted by Crippen LogP contribution is -2.32. The monoisotopic (exact) mass is 352 g/mol. The number of methoxy groups -OCH3 is 1. The maximum absolute atomic E-state index is 11.5. The van der Waals surface area contributed by atoms with Crippen molar-refractivity contribution in [2.75, 3.05) is 7.11 Å². The van der Waals surface area contributed by atoms with Crippen molar-refractivity contribution in [3.63, 3.8) is 0 Å². The van der Waals surface area contributed by atoms with E-state index in [4.69, 9.17) is 11.6 Å². The van der Waals surface area contributed by atoms with E-state index in [1.54, 1.807) is 37.6 Å². The van der Waals surface area contributed by atoms with Crippen LogP contribution < -0.4 is 5.32 Å². The quantitative estimate of drug-likeness (QED) is 0.863. The normalized spacial score (nSPS) is 12.8. The highest BCUT2D eigenvalue weighted by molar-refractivity contribution is 6.30. The molecule has 2 aromatic rings. The van der Waals surface area contributed by atoms with Gasteiger partial charge in [-0.2, -0.15) is 5.10 Å². The van der Waals surface area contributed by atoms with Crippen LogP contribution in [-0.2, 0) is 11.3 Å². The van der Waals surface area contributed by atoms with Gasteiger partial charge in [-0.3, -0.25) is 0 Å². The van der Waals surface area contributed by atoms with Gasteiger partial charge in [0.1, 0.15) is 5.82 Å². The zero-order chi connectivity index (χ0) is 17.9. The Kier molecular flexibility index (Phi) is 5.46. The molecule has 0 aliphatic rings. The van der Waals surface area contributed by atoms with Gasteiger partial charge < -0.3 is 15.2 Å². The number of amides is 1. The first-order valence-electron chi connectivity index (χ1n) is 7.47. The van der Waals surface area contributed by atoms with E-state index in [0.717, 1.165) is 5.56 Å². The number of aliphatic hydroxyl groups is 1. The molecule has 1 unspecified atom stereocenters. The molecule has 0 saturated carbocycles. The van der Waals surface area contributed by atoms with Crippen LogP contribution in [0.1, 0.15) is 32.6 Å². The van der Waals surface area contributed by atoms with Crippen LogP contribution in [0.4, 0.5) is 4.79 Å². The maximum Gasteiger partial charge on any atom is 0.407 e. The molecule has 2 rings (SSSR count). The lowest BCUT2D eigenvalue weighted by molar-refractivity contribution is 0.0562. The van der Waals surface area contributed by atoms with Crippen LogP contribution in [0.15, 0.2) is 24.3 Å². The summed E-state index contributed by atoms with van der Waals surface area (Å²) in [6.07, 6.45) is -0.562. The summed E-state index contributed by atoms with van der Waals surface area (Å²) in [5, 5.41) is 17.8. The van der Waals surface area contributed by atoms with Crippen LogP contribution in [0.25, 0.3) is 11.4 Å².